The zero-order valence-corrected chi connectivity index (χ0v) is 7.69. The van der Waals surface area contributed by atoms with Crippen molar-refractivity contribution in [1.82, 2.24) is 5.32 Å². The molecule has 0 saturated carbocycles. The Hall–Kier alpha value is -0.0500. The summed E-state index contributed by atoms with van der Waals surface area (Å²) in [6.45, 7) is 6.87. The topological polar surface area (TPSA) is 32.3 Å². The molecule has 0 bridgehead atoms. The lowest BCUT2D eigenvalue weighted by molar-refractivity contribution is 0.181. The fourth-order valence-corrected chi connectivity index (χ4v) is 0.841. The predicted molar refractivity (Wildman–Crippen MR) is 48.8 cm³/mol. The van der Waals surface area contributed by atoms with Crippen molar-refractivity contribution < 1.29 is 5.11 Å². The van der Waals surface area contributed by atoms with E-state index in [9.17, 15) is 0 Å². The first-order valence-corrected chi connectivity index (χ1v) is 4.22. The van der Waals surface area contributed by atoms with Gasteiger partial charge < -0.3 is 10.4 Å². The molecule has 3 heteroatoms. The summed E-state index contributed by atoms with van der Waals surface area (Å²) in [4.78, 5) is 0. The Balaban J connectivity index is 2.97. The second-order valence-corrected chi connectivity index (χ2v) is 3.22. The Morgan fingerprint density at radius 2 is 2.36 bits per heavy atom. The molecule has 0 rings (SSSR count). The largest absolute Gasteiger partial charge is 0.393 e. The zero-order valence-electron chi connectivity index (χ0n) is 6.94. The fourth-order valence-electron chi connectivity index (χ4n) is 0.746. The van der Waals surface area contributed by atoms with Crippen LogP contribution in [0.5, 0.6) is 0 Å². The van der Waals surface area contributed by atoms with Crippen LogP contribution < -0.4 is 5.32 Å². The van der Waals surface area contributed by atoms with E-state index in [2.05, 4.69) is 11.9 Å². The highest BCUT2D eigenvalue weighted by atomic mass is 35.5. The van der Waals surface area contributed by atoms with Crippen molar-refractivity contribution in [2.45, 2.75) is 25.9 Å². The first kappa shape index (κ1) is 11.0. The molecule has 0 amide bonds. The van der Waals surface area contributed by atoms with Gasteiger partial charge in [-0.25, -0.2) is 0 Å². The van der Waals surface area contributed by atoms with E-state index >= 15 is 0 Å². The van der Waals surface area contributed by atoms with E-state index in [0.717, 1.165) is 19.4 Å². The molecule has 0 aliphatic rings. The molecule has 0 aromatic carbocycles. The van der Waals surface area contributed by atoms with Gasteiger partial charge in [0.15, 0.2) is 0 Å². The van der Waals surface area contributed by atoms with Crippen LogP contribution in [0.4, 0.5) is 0 Å². The number of aliphatic hydroxyl groups is 1. The molecule has 2 N–H and O–H groups in total. The Morgan fingerprint density at radius 1 is 1.73 bits per heavy atom. The molecule has 2 nitrogen and oxygen atoms in total. The number of halogens is 1. The van der Waals surface area contributed by atoms with Gasteiger partial charge in [-0.1, -0.05) is 18.2 Å². The Morgan fingerprint density at radius 3 is 2.82 bits per heavy atom. The molecule has 0 radical (unpaired) electrons. The van der Waals surface area contributed by atoms with Crippen molar-refractivity contribution in [2.24, 2.45) is 0 Å². The third-order valence-electron chi connectivity index (χ3n) is 1.29. The van der Waals surface area contributed by atoms with Crippen molar-refractivity contribution in [3.8, 4) is 0 Å². The highest BCUT2D eigenvalue weighted by molar-refractivity contribution is 6.29. The van der Waals surface area contributed by atoms with Crippen molar-refractivity contribution in [3.63, 3.8) is 0 Å². The van der Waals surface area contributed by atoms with Crippen LogP contribution in [0.3, 0.4) is 0 Å². The summed E-state index contributed by atoms with van der Waals surface area (Å²) in [6, 6.07) is 0. The summed E-state index contributed by atoms with van der Waals surface area (Å²) >= 11 is 5.51. The smallest absolute Gasteiger partial charge is 0.0512 e. The van der Waals surface area contributed by atoms with E-state index in [-0.39, 0.29) is 6.10 Å². The first-order chi connectivity index (χ1) is 5.13. The van der Waals surface area contributed by atoms with Crippen LogP contribution in [0.1, 0.15) is 19.8 Å². The predicted octanol–water partition coefficient (Wildman–Crippen LogP) is 1.49. The van der Waals surface area contributed by atoms with E-state index in [0.29, 0.717) is 11.6 Å². The Kier molecular flexibility index (Phi) is 6.62. The van der Waals surface area contributed by atoms with Gasteiger partial charge in [0.25, 0.3) is 0 Å². The van der Waals surface area contributed by atoms with Gasteiger partial charge in [0, 0.05) is 11.6 Å². The number of nitrogens with one attached hydrogen (secondary N) is 1. The number of hydrogen-bond donors (Lipinski definition) is 2. The highest BCUT2D eigenvalue weighted by Crippen LogP contribution is 1.95. The molecule has 1 unspecified atom stereocenters. The van der Waals surface area contributed by atoms with Gasteiger partial charge in [-0.05, 0) is 26.3 Å². The van der Waals surface area contributed by atoms with E-state index in [1.54, 1.807) is 6.92 Å². The lowest BCUT2D eigenvalue weighted by Crippen LogP contribution is -2.17. The van der Waals surface area contributed by atoms with E-state index in [1.807, 2.05) is 0 Å². The monoisotopic (exact) mass is 177 g/mol. The number of aliphatic hydroxyl groups excluding tert-OH is 1. The lowest BCUT2D eigenvalue weighted by Gasteiger charge is -2.04. The van der Waals surface area contributed by atoms with E-state index < -0.39 is 0 Å². The van der Waals surface area contributed by atoms with Gasteiger partial charge in [0.1, 0.15) is 0 Å². The van der Waals surface area contributed by atoms with E-state index in [4.69, 9.17) is 16.7 Å². The third-order valence-corrected chi connectivity index (χ3v) is 1.43. The molecular weight excluding hydrogens is 162 g/mol. The molecule has 0 fully saturated rings. The van der Waals surface area contributed by atoms with Crippen LogP contribution in [0.15, 0.2) is 11.6 Å². The second-order valence-electron chi connectivity index (χ2n) is 2.69. The lowest BCUT2D eigenvalue weighted by atomic mass is 10.2. The summed E-state index contributed by atoms with van der Waals surface area (Å²) in [5.74, 6) is 0. The van der Waals surface area contributed by atoms with Gasteiger partial charge in [-0.15, -0.1) is 0 Å². The van der Waals surface area contributed by atoms with Crippen LogP contribution in [0.2, 0.25) is 0 Å². The zero-order chi connectivity index (χ0) is 8.69. The van der Waals surface area contributed by atoms with E-state index in [1.165, 1.54) is 0 Å². The minimum absolute atomic E-state index is 0.198. The van der Waals surface area contributed by atoms with Crippen molar-refractivity contribution in [2.75, 3.05) is 13.1 Å². The molecule has 0 heterocycles. The fraction of sp³-hybridized carbons (Fsp3) is 0.750. The van der Waals surface area contributed by atoms with Gasteiger partial charge in [0.05, 0.1) is 6.10 Å². The van der Waals surface area contributed by atoms with Crippen molar-refractivity contribution >= 4 is 11.6 Å². The number of hydrogen-bond acceptors (Lipinski definition) is 2. The quantitative estimate of drug-likeness (QED) is 0.603. The summed E-state index contributed by atoms with van der Waals surface area (Å²) in [6.07, 6.45) is 1.61. The third kappa shape index (κ3) is 9.95. The van der Waals surface area contributed by atoms with Gasteiger partial charge in [-0.3, -0.25) is 0 Å². The molecule has 0 saturated heterocycles. The van der Waals surface area contributed by atoms with Gasteiger partial charge in [-0.2, -0.15) is 0 Å². The maximum Gasteiger partial charge on any atom is 0.0512 e. The average Bonchev–Trinajstić information content (AvgIpc) is 1.85. The van der Waals surface area contributed by atoms with Crippen LogP contribution in [0.25, 0.3) is 0 Å². The van der Waals surface area contributed by atoms with Gasteiger partial charge in [0.2, 0.25) is 0 Å². The van der Waals surface area contributed by atoms with Crippen LogP contribution >= 0.6 is 11.6 Å². The second kappa shape index (κ2) is 6.65. The van der Waals surface area contributed by atoms with Crippen molar-refractivity contribution in [3.05, 3.63) is 11.6 Å². The summed E-state index contributed by atoms with van der Waals surface area (Å²) in [5, 5.41) is 12.6. The summed E-state index contributed by atoms with van der Waals surface area (Å²) in [7, 11) is 0. The summed E-state index contributed by atoms with van der Waals surface area (Å²) < 4.78 is 0. The van der Waals surface area contributed by atoms with Crippen LogP contribution in [-0.4, -0.2) is 24.3 Å². The minimum Gasteiger partial charge on any atom is -0.393 e. The first-order valence-electron chi connectivity index (χ1n) is 3.85. The Labute approximate surface area is 73.3 Å². The van der Waals surface area contributed by atoms with Crippen LogP contribution in [-0.2, 0) is 0 Å². The van der Waals surface area contributed by atoms with Gasteiger partial charge >= 0.3 is 0 Å². The SMILES string of the molecule is C=C(Cl)CNCCCC(C)O. The average molecular weight is 178 g/mol. The molecular formula is C8H16ClNO. The number of rotatable bonds is 6. The molecule has 1 atom stereocenters. The standard InChI is InChI=1S/C8H16ClNO/c1-7(9)6-10-5-3-4-8(2)11/h8,10-11H,1,3-6H2,2H3. The minimum atomic E-state index is -0.198. The van der Waals surface area contributed by atoms with Crippen LogP contribution in [0, 0.1) is 0 Å². The molecule has 0 spiro atoms. The molecule has 0 aliphatic heterocycles. The molecule has 0 aromatic heterocycles. The molecule has 0 aliphatic carbocycles. The Bertz CT molecular complexity index is 115. The molecule has 0 aromatic rings. The summed E-state index contributed by atoms with van der Waals surface area (Å²) in [5.41, 5.74) is 0. The normalized spacial score (nSPS) is 13.0. The molecule has 11 heavy (non-hydrogen) atoms. The maximum atomic E-state index is 8.89. The molecule has 66 valence electrons. The van der Waals surface area contributed by atoms with Crippen molar-refractivity contribution in [1.29, 1.82) is 0 Å². The highest BCUT2D eigenvalue weighted by Gasteiger charge is 1.94. The maximum absolute atomic E-state index is 8.89.